The molecule has 0 aliphatic carbocycles. The number of para-hydroxylation sites is 1. The van der Waals surface area contributed by atoms with Gasteiger partial charge in [-0.25, -0.2) is 18.3 Å². The number of carbonyl (C=O) groups is 1. The van der Waals surface area contributed by atoms with Crippen molar-refractivity contribution in [1.82, 2.24) is 34.2 Å². The van der Waals surface area contributed by atoms with Crippen molar-refractivity contribution in [2.75, 3.05) is 12.4 Å². The minimum atomic E-state index is -2.84. The summed E-state index contributed by atoms with van der Waals surface area (Å²) in [5, 5.41) is 15.2. The molecule has 1 N–H and O–H groups in total. The SMILES string of the molecule is CCn1cc(Cn2cc(NC(=O)c3cnn4c(C(F)F)cc(-c5ccccc5OC)nc34)cn2)cn1. The highest BCUT2D eigenvalue weighted by Crippen LogP contribution is 2.32. The number of hydrogen-bond donors (Lipinski definition) is 1. The van der Waals surface area contributed by atoms with Crippen LogP contribution in [0.3, 0.4) is 0 Å². The van der Waals surface area contributed by atoms with Crippen molar-refractivity contribution < 1.29 is 18.3 Å². The van der Waals surface area contributed by atoms with E-state index in [1.165, 1.54) is 25.6 Å². The van der Waals surface area contributed by atoms with Crippen LogP contribution >= 0.6 is 0 Å². The van der Waals surface area contributed by atoms with E-state index in [4.69, 9.17) is 4.74 Å². The average molecular weight is 492 g/mol. The number of ether oxygens (including phenoxy) is 1. The van der Waals surface area contributed by atoms with Crippen LogP contribution in [0.15, 0.2) is 61.3 Å². The predicted molar refractivity (Wildman–Crippen MR) is 127 cm³/mol. The lowest BCUT2D eigenvalue weighted by Crippen LogP contribution is -2.12. The number of anilines is 1. The molecule has 0 radical (unpaired) electrons. The summed E-state index contributed by atoms with van der Waals surface area (Å²) in [4.78, 5) is 17.6. The summed E-state index contributed by atoms with van der Waals surface area (Å²) in [5.41, 5.74) is 1.83. The van der Waals surface area contributed by atoms with Gasteiger partial charge in [0.15, 0.2) is 5.65 Å². The number of methoxy groups -OCH3 is 1. The van der Waals surface area contributed by atoms with Gasteiger partial charge in [0.05, 0.1) is 43.6 Å². The first kappa shape index (κ1) is 23.1. The van der Waals surface area contributed by atoms with E-state index >= 15 is 0 Å². The molecule has 1 amide bonds. The lowest BCUT2D eigenvalue weighted by molar-refractivity contribution is 0.102. The Morgan fingerprint density at radius 1 is 1.08 bits per heavy atom. The summed E-state index contributed by atoms with van der Waals surface area (Å²) in [5.74, 6) is -0.0785. The molecule has 1 aromatic carbocycles. The van der Waals surface area contributed by atoms with E-state index in [1.54, 1.807) is 41.3 Å². The van der Waals surface area contributed by atoms with Crippen LogP contribution in [-0.4, -0.2) is 47.2 Å². The molecule has 0 unspecified atom stereocenters. The lowest BCUT2D eigenvalue weighted by Gasteiger charge is -2.11. The maximum Gasteiger partial charge on any atom is 0.280 e. The zero-order valence-electron chi connectivity index (χ0n) is 19.5. The van der Waals surface area contributed by atoms with Crippen LogP contribution in [0.2, 0.25) is 0 Å². The first-order chi connectivity index (χ1) is 17.5. The number of hydrogen-bond acceptors (Lipinski definition) is 6. The molecule has 4 aromatic heterocycles. The molecule has 0 spiro atoms. The molecule has 5 rings (SSSR count). The molecule has 184 valence electrons. The number of carbonyl (C=O) groups excluding carboxylic acids is 1. The van der Waals surface area contributed by atoms with Crippen LogP contribution in [0.1, 0.15) is 35.0 Å². The molecule has 0 aliphatic heterocycles. The fraction of sp³-hybridized carbons (Fsp3) is 0.208. The molecule has 0 saturated carbocycles. The van der Waals surface area contributed by atoms with E-state index in [2.05, 4.69) is 25.6 Å². The average Bonchev–Trinajstić information content (AvgIpc) is 3.63. The zero-order chi connectivity index (χ0) is 25.2. The minimum absolute atomic E-state index is 0.00516. The van der Waals surface area contributed by atoms with Crippen LogP contribution in [0, 0.1) is 0 Å². The number of nitrogens with zero attached hydrogens (tertiary/aromatic N) is 7. The molecular weight excluding hydrogens is 470 g/mol. The molecule has 5 aromatic rings. The molecule has 10 nitrogen and oxygen atoms in total. The number of nitrogens with one attached hydrogen (secondary N) is 1. The molecule has 0 aliphatic rings. The highest BCUT2D eigenvalue weighted by atomic mass is 19.3. The zero-order valence-corrected chi connectivity index (χ0v) is 19.5. The van der Waals surface area contributed by atoms with Crippen LogP contribution in [0.25, 0.3) is 16.9 Å². The fourth-order valence-electron chi connectivity index (χ4n) is 3.86. The van der Waals surface area contributed by atoms with Gasteiger partial charge in [-0.05, 0) is 25.1 Å². The highest BCUT2D eigenvalue weighted by Gasteiger charge is 2.23. The molecule has 0 saturated heterocycles. The van der Waals surface area contributed by atoms with Crippen LogP contribution in [0.5, 0.6) is 5.75 Å². The van der Waals surface area contributed by atoms with Gasteiger partial charge >= 0.3 is 0 Å². The van der Waals surface area contributed by atoms with Gasteiger partial charge in [-0.15, -0.1) is 0 Å². The van der Waals surface area contributed by atoms with Crippen LogP contribution < -0.4 is 10.1 Å². The Bertz CT molecular complexity index is 1540. The third kappa shape index (κ3) is 4.40. The van der Waals surface area contributed by atoms with Crippen LogP contribution in [0.4, 0.5) is 14.5 Å². The first-order valence-electron chi connectivity index (χ1n) is 11.1. The van der Waals surface area contributed by atoms with E-state index in [1.807, 2.05) is 17.8 Å². The molecule has 12 heteroatoms. The summed E-state index contributed by atoms with van der Waals surface area (Å²) in [6, 6.07) is 8.18. The van der Waals surface area contributed by atoms with Gasteiger partial charge in [0, 0.05) is 30.1 Å². The Morgan fingerprint density at radius 2 is 1.89 bits per heavy atom. The van der Waals surface area contributed by atoms with Crippen molar-refractivity contribution >= 4 is 17.2 Å². The van der Waals surface area contributed by atoms with Crippen molar-refractivity contribution in [3.8, 4) is 17.0 Å². The van der Waals surface area contributed by atoms with Crippen molar-refractivity contribution in [1.29, 1.82) is 0 Å². The number of rotatable bonds is 8. The highest BCUT2D eigenvalue weighted by molar-refractivity contribution is 6.08. The Hall–Kier alpha value is -4.61. The first-order valence-corrected chi connectivity index (χ1v) is 11.1. The van der Waals surface area contributed by atoms with Crippen LogP contribution in [-0.2, 0) is 13.1 Å². The molecule has 4 heterocycles. The number of benzene rings is 1. The fourth-order valence-corrected chi connectivity index (χ4v) is 3.86. The van der Waals surface area contributed by atoms with Crippen molar-refractivity contribution in [3.05, 3.63) is 78.1 Å². The van der Waals surface area contributed by atoms with Gasteiger partial charge in [0.25, 0.3) is 12.3 Å². The van der Waals surface area contributed by atoms with Gasteiger partial charge in [0.1, 0.15) is 17.0 Å². The second-order valence-electron chi connectivity index (χ2n) is 7.95. The standard InChI is InChI=1S/C24H22F2N8O2/c1-3-32-12-15(9-27-32)13-33-14-16(10-28-33)30-24(35)18-11-29-34-20(22(25)26)8-19(31-23(18)34)17-6-4-5-7-21(17)36-2/h4-12,14,22H,3,13H2,1-2H3,(H,30,35). The maximum atomic E-state index is 13.9. The topological polar surface area (TPSA) is 104 Å². The maximum absolute atomic E-state index is 13.9. The van der Waals surface area contributed by atoms with Crippen molar-refractivity contribution in [2.24, 2.45) is 0 Å². The molecule has 36 heavy (non-hydrogen) atoms. The summed E-state index contributed by atoms with van der Waals surface area (Å²) in [6.45, 7) is 3.24. The van der Waals surface area contributed by atoms with Gasteiger partial charge in [-0.1, -0.05) is 12.1 Å². The van der Waals surface area contributed by atoms with Gasteiger partial charge in [-0.3, -0.25) is 14.2 Å². The smallest absolute Gasteiger partial charge is 0.280 e. The monoisotopic (exact) mass is 492 g/mol. The predicted octanol–water partition coefficient (Wildman–Crippen LogP) is 4.06. The molecule has 0 bridgehead atoms. The second kappa shape index (κ2) is 9.56. The Labute approximate surface area is 204 Å². The van der Waals surface area contributed by atoms with E-state index in [-0.39, 0.29) is 22.6 Å². The van der Waals surface area contributed by atoms with E-state index in [0.717, 1.165) is 16.6 Å². The Balaban J connectivity index is 1.45. The van der Waals surface area contributed by atoms with E-state index < -0.39 is 12.3 Å². The van der Waals surface area contributed by atoms with Gasteiger partial charge in [-0.2, -0.15) is 15.3 Å². The summed E-state index contributed by atoms with van der Waals surface area (Å²) < 4.78 is 37.6. The second-order valence-corrected chi connectivity index (χ2v) is 7.95. The molecular formula is C24H22F2N8O2. The van der Waals surface area contributed by atoms with Gasteiger partial charge < -0.3 is 10.1 Å². The molecule has 0 atom stereocenters. The number of aryl methyl sites for hydroxylation is 1. The summed E-state index contributed by atoms with van der Waals surface area (Å²) in [6.07, 6.45) is 5.24. The summed E-state index contributed by atoms with van der Waals surface area (Å²) in [7, 11) is 1.49. The number of alkyl halides is 2. The van der Waals surface area contributed by atoms with Crippen molar-refractivity contribution in [3.63, 3.8) is 0 Å². The molecule has 0 fully saturated rings. The van der Waals surface area contributed by atoms with E-state index in [0.29, 0.717) is 23.5 Å². The third-order valence-electron chi connectivity index (χ3n) is 5.60. The normalized spacial score (nSPS) is 11.4. The number of fused-ring (bicyclic) bond motifs is 1. The third-order valence-corrected chi connectivity index (χ3v) is 5.60. The Morgan fingerprint density at radius 3 is 2.64 bits per heavy atom. The summed E-state index contributed by atoms with van der Waals surface area (Å²) >= 11 is 0. The van der Waals surface area contributed by atoms with E-state index in [9.17, 15) is 13.6 Å². The lowest BCUT2D eigenvalue weighted by atomic mass is 10.1. The van der Waals surface area contributed by atoms with Gasteiger partial charge in [0.2, 0.25) is 0 Å². The van der Waals surface area contributed by atoms with Crippen molar-refractivity contribution in [2.45, 2.75) is 26.4 Å². The number of amides is 1. The number of aromatic nitrogens is 7. The quantitative estimate of drug-likeness (QED) is 0.350. The number of halogens is 2. The Kier molecular flexibility index (Phi) is 6.15. The minimum Gasteiger partial charge on any atom is -0.496 e. The largest absolute Gasteiger partial charge is 0.496 e.